The first-order valence-corrected chi connectivity index (χ1v) is 6.98. The summed E-state index contributed by atoms with van der Waals surface area (Å²) >= 11 is 5.81. The summed E-state index contributed by atoms with van der Waals surface area (Å²) in [7, 11) is 0. The molecule has 1 N–H and O–H groups in total. The van der Waals surface area contributed by atoms with Gasteiger partial charge in [-0.2, -0.15) is 4.98 Å². The average Bonchev–Trinajstić information content (AvgIpc) is 2.36. The minimum atomic E-state index is 0.304. The summed E-state index contributed by atoms with van der Waals surface area (Å²) in [5, 5.41) is 3.36. The van der Waals surface area contributed by atoms with Gasteiger partial charge in [-0.25, -0.2) is 0 Å². The highest BCUT2D eigenvalue weighted by Crippen LogP contribution is 2.15. The Morgan fingerprint density at radius 3 is 2.78 bits per heavy atom. The molecule has 5 heteroatoms. The zero-order valence-corrected chi connectivity index (χ0v) is 12.1. The molecule has 18 heavy (non-hydrogen) atoms. The van der Waals surface area contributed by atoms with Gasteiger partial charge in [0.15, 0.2) is 0 Å². The SMILES string of the molecule is CCCOc1cncc(NC(CCCl)C(C)C)n1. The Bertz CT molecular complexity index is 347. The molecule has 0 aliphatic heterocycles. The van der Waals surface area contributed by atoms with Crippen LogP contribution in [0.2, 0.25) is 0 Å². The van der Waals surface area contributed by atoms with Crippen LogP contribution in [0, 0.1) is 5.92 Å². The van der Waals surface area contributed by atoms with Gasteiger partial charge in [-0.3, -0.25) is 4.98 Å². The lowest BCUT2D eigenvalue weighted by Crippen LogP contribution is -2.26. The Morgan fingerprint density at radius 2 is 2.17 bits per heavy atom. The monoisotopic (exact) mass is 271 g/mol. The molecule has 0 aromatic carbocycles. The molecule has 0 aliphatic rings. The highest BCUT2D eigenvalue weighted by molar-refractivity contribution is 6.17. The fourth-order valence-electron chi connectivity index (χ4n) is 1.57. The van der Waals surface area contributed by atoms with Crippen molar-refractivity contribution in [1.82, 2.24) is 9.97 Å². The highest BCUT2D eigenvalue weighted by Gasteiger charge is 2.13. The molecule has 102 valence electrons. The summed E-state index contributed by atoms with van der Waals surface area (Å²) in [5.41, 5.74) is 0. The maximum absolute atomic E-state index is 5.81. The van der Waals surface area contributed by atoms with Crippen molar-refractivity contribution in [3.63, 3.8) is 0 Å². The van der Waals surface area contributed by atoms with Crippen LogP contribution < -0.4 is 10.1 Å². The Balaban J connectivity index is 2.64. The second-order valence-corrected chi connectivity index (χ2v) is 4.94. The van der Waals surface area contributed by atoms with Crippen molar-refractivity contribution in [3.05, 3.63) is 12.4 Å². The van der Waals surface area contributed by atoms with Gasteiger partial charge in [0.05, 0.1) is 19.0 Å². The van der Waals surface area contributed by atoms with E-state index in [1.54, 1.807) is 12.4 Å². The Hall–Kier alpha value is -1.03. The van der Waals surface area contributed by atoms with E-state index < -0.39 is 0 Å². The molecule has 0 saturated carbocycles. The standard InChI is InChI=1S/C13H22ClN3O/c1-4-7-18-13-9-15-8-12(17-13)16-11(5-6-14)10(2)3/h8-11H,4-7H2,1-3H3,(H,16,17). The molecule has 1 aromatic heterocycles. The molecule has 4 nitrogen and oxygen atoms in total. The zero-order valence-electron chi connectivity index (χ0n) is 11.3. The second-order valence-electron chi connectivity index (χ2n) is 4.56. The zero-order chi connectivity index (χ0) is 13.4. The Kier molecular flexibility index (Phi) is 6.80. The van der Waals surface area contributed by atoms with E-state index in [9.17, 15) is 0 Å². The van der Waals surface area contributed by atoms with Crippen LogP contribution in [0.5, 0.6) is 5.88 Å². The van der Waals surface area contributed by atoms with Crippen LogP contribution in [0.1, 0.15) is 33.6 Å². The van der Waals surface area contributed by atoms with Crippen molar-refractivity contribution in [2.45, 2.75) is 39.7 Å². The molecule has 0 aliphatic carbocycles. The lowest BCUT2D eigenvalue weighted by Gasteiger charge is -2.21. The van der Waals surface area contributed by atoms with Gasteiger partial charge >= 0.3 is 0 Å². The number of rotatable bonds is 8. The van der Waals surface area contributed by atoms with Gasteiger partial charge in [-0.1, -0.05) is 20.8 Å². The van der Waals surface area contributed by atoms with Gasteiger partial charge in [-0.05, 0) is 18.8 Å². The van der Waals surface area contributed by atoms with E-state index in [0.29, 0.717) is 30.3 Å². The predicted molar refractivity (Wildman–Crippen MR) is 75.4 cm³/mol. The summed E-state index contributed by atoms with van der Waals surface area (Å²) in [6.07, 6.45) is 5.20. The van der Waals surface area contributed by atoms with E-state index in [4.69, 9.17) is 16.3 Å². The van der Waals surface area contributed by atoms with Crippen molar-refractivity contribution < 1.29 is 4.74 Å². The number of anilines is 1. The molecule has 1 rings (SSSR count). The van der Waals surface area contributed by atoms with Crippen LogP contribution in [0.3, 0.4) is 0 Å². The number of aromatic nitrogens is 2. The Labute approximate surface area is 114 Å². The van der Waals surface area contributed by atoms with E-state index in [1.165, 1.54) is 0 Å². The second kappa shape index (κ2) is 8.14. The van der Waals surface area contributed by atoms with Gasteiger partial charge in [0.2, 0.25) is 5.88 Å². The maximum Gasteiger partial charge on any atom is 0.234 e. The van der Waals surface area contributed by atoms with Crippen LogP contribution >= 0.6 is 11.6 Å². The third-order valence-electron chi connectivity index (χ3n) is 2.62. The molecule has 0 saturated heterocycles. The Morgan fingerprint density at radius 1 is 1.39 bits per heavy atom. The van der Waals surface area contributed by atoms with Crippen LogP contribution in [0.15, 0.2) is 12.4 Å². The van der Waals surface area contributed by atoms with Gasteiger partial charge in [-0.15, -0.1) is 11.6 Å². The van der Waals surface area contributed by atoms with Crippen molar-refractivity contribution in [2.75, 3.05) is 17.8 Å². The molecule has 0 amide bonds. The summed E-state index contributed by atoms with van der Waals surface area (Å²) in [5.74, 6) is 2.43. The summed E-state index contributed by atoms with van der Waals surface area (Å²) in [4.78, 5) is 8.50. The summed E-state index contributed by atoms with van der Waals surface area (Å²) in [6.45, 7) is 7.04. The topological polar surface area (TPSA) is 47.0 Å². The van der Waals surface area contributed by atoms with Gasteiger partial charge < -0.3 is 10.1 Å². The molecule has 0 fully saturated rings. The first kappa shape index (κ1) is 15.0. The van der Waals surface area contributed by atoms with E-state index in [1.807, 2.05) is 0 Å². The van der Waals surface area contributed by atoms with Gasteiger partial charge in [0.1, 0.15) is 5.82 Å². The molecular formula is C13H22ClN3O. The first-order valence-electron chi connectivity index (χ1n) is 6.44. The third-order valence-corrected chi connectivity index (χ3v) is 2.84. The van der Waals surface area contributed by atoms with Crippen molar-refractivity contribution in [1.29, 1.82) is 0 Å². The van der Waals surface area contributed by atoms with Crippen LogP contribution in [0.4, 0.5) is 5.82 Å². The molecule has 1 atom stereocenters. The smallest absolute Gasteiger partial charge is 0.234 e. The molecular weight excluding hydrogens is 250 g/mol. The molecule has 1 aromatic rings. The van der Waals surface area contributed by atoms with Gasteiger partial charge in [0, 0.05) is 11.9 Å². The van der Waals surface area contributed by atoms with E-state index in [-0.39, 0.29) is 0 Å². The fourth-order valence-corrected chi connectivity index (χ4v) is 1.81. The fraction of sp³-hybridized carbons (Fsp3) is 0.692. The molecule has 0 radical (unpaired) electrons. The minimum absolute atomic E-state index is 0.304. The largest absolute Gasteiger partial charge is 0.477 e. The third kappa shape index (κ3) is 5.08. The normalized spacial score (nSPS) is 12.5. The molecule has 0 bridgehead atoms. The highest BCUT2D eigenvalue weighted by atomic mass is 35.5. The van der Waals surface area contributed by atoms with Crippen LogP contribution in [-0.4, -0.2) is 28.5 Å². The van der Waals surface area contributed by atoms with Crippen molar-refractivity contribution >= 4 is 17.4 Å². The number of nitrogens with zero attached hydrogens (tertiary/aromatic N) is 2. The lowest BCUT2D eigenvalue weighted by atomic mass is 10.0. The van der Waals surface area contributed by atoms with Crippen molar-refractivity contribution in [3.8, 4) is 5.88 Å². The molecule has 1 unspecified atom stereocenters. The minimum Gasteiger partial charge on any atom is -0.477 e. The van der Waals surface area contributed by atoms with E-state index in [0.717, 1.165) is 18.7 Å². The van der Waals surface area contributed by atoms with E-state index in [2.05, 4.69) is 36.1 Å². The quantitative estimate of drug-likeness (QED) is 0.737. The molecule has 1 heterocycles. The van der Waals surface area contributed by atoms with Gasteiger partial charge in [0.25, 0.3) is 0 Å². The lowest BCUT2D eigenvalue weighted by molar-refractivity contribution is 0.304. The molecule has 0 spiro atoms. The van der Waals surface area contributed by atoms with E-state index >= 15 is 0 Å². The summed E-state index contributed by atoms with van der Waals surface area (Å²) < 4.78 is 5.46. The number of halogens is 1. The van der Waals surface area contributed by atoms with Crippen molar-refractivity contribution in [2.24, 2.45) is 5.92 Å². The number of nitrogens with one attached hydrogen (secondary N) is 1. The first-order chi connectivity index (χ1) is 8.67. The summed E-state index contributed by atoms with van der Waals surface area (Å²) in [6, 6.07) is 0.304. The van der Waals surface area contributed by atoms with Crippen LogP contribution in [-0.2, 0) is 0 Å². The average molecular weight is 272 g/mol. The number of hydrogen-bond donors (Lipinski definition) is 1. The predicted octanol–water partition coefficient (Wildman–Crippen LogP) is 3.33. The number of ether oxygens (including phenoxy) is 1. The van der Waals surface area contributed by atoms with Crippen LogP contribution in [0.25, 0.3) is 0 Å². The number of hydrogen-bond acceptors (Lipinski definition) is 4. The maximum atomic E-state index is 5.81. The number of alkyl halides is 1.